The molecule has 31 heavy (non-hydrogen) atoms. The summed E-state index contributed by atoms with van der Waals surface area (Å²) in [7, 11) is 4.61. The fourth-order valence-electron chi connectivity index (χ4n) is 3.02. The second kappa shape index (κ2) is 10.2. The van der Waals surface area contributed by atoms with Crippen molar-refractivity contribution in [1.29, 1.82) is 0 Å². The number of carbonyl (C=O) groups is 2. The summed E-state index contributed by atoms with van der Waals surface area (Å²) in [6, 6.07) is 19.2. The predicted octanol–water partition coefficient (Wildman–Crippen LogP) is 3.89. The Labute approximate surface area is 180 Å². The maximum absolute atomic E-state index is 12.5. The Kier molecular flexibility index (Phi) is 7.11. The van der Waals surface area contributed by atoms with Crippen LogP contribution >= 0.6 is 0 Å². The average molecular weight is 420 g/mol. The van der Waals surface area contributed by atoms with E-state index >= 15 is 0 Å². The topological polar surface area (TPSA) is 85.9 Å². The molecule has 0 aliphatic rings. The molecule has 160 valence electrons. The minimum Gasteiger partial charge on any atom is -0.493 e. The summed E-state index contributed by atoms with van der Waals surface area (Å²) >= 11 is 0. The van der Waals surface area contributed by atoms with Crippen molar-refractivity contribution in [3.8, 4) is 17.2 Å². The lowest BCUT2D eigenvalue weighted by atomic mass is 10.1. The molecule has 0 spiro atoms. The minimum absolute atomic E-state index is 0.208. The molecule has 0 aliphatic heterocycles. The number of rotatable bonds is 8. The Morgan fingerprint density at radius 3 is 1.87 bits per heavy atom. The van der Waals surface area contributed by atoms with Crippen LogP contribution in [0.25, 0.3) is 0 Å². The van der Waals surface area contributed by atoms with E-state index in [0.29, 0.717) is 34.1 Å². The number of nitrogens with one attached hydrogen (secondary N) is 2. The fraction of sp³-hybridized carbons (Fsp3) is 0.167. The van der Waals surface area contributed by atoms with Crippen LogP contribution < -0.4 is 24.8 Å². The Balaban J connectivity index is 1.63. The van der Waals surface area contributed by atoms with Gasteiger partial charge in [-0.1, -0.05) is 18.2 Å². The number of anilines is 1. The average Bonchev–Trinajstić information content (AvgIpc) is 2.82. The summed E-state index contributed by atoms with van der Waals surface area (Å²) in [4.78, 5) is 24.7. The van der Waals surface area contributed by atoms with Crippen LogP contribution in [0.2, 0.25) is 0 Å². The van der Waals surface area contributed by atoms with Crippen molar-refractivity contribution in [2.45, 2.75) is 6.54 Å². The molecule has 0 radical (unpaired) electrons. The van der Waals surface area contributed by atoms with E-state index in [0.717, 1.165) is 5.56 Å². The van der Waals surface area contributed by atoms with Gasteiger partial charge < -0.3 is 24.8 Å². The van der Waals surface area contributed by atoms with E-state index in [2.05, 4.69) is 10.6 Å². The number of hydrogen-bond acceptors (Lipinski definition) is 5. The van der Waals surface area contributed by atoms with Crippen molar-refractivity contribution in [2.75, 3.05) is 26.6 Å². The second-order valence-corrected chi connectivity index (χ2v) is 6.61. The summed E-state index contributed by atoms with van der Waals surface area (Å²) in [5.41, 5.74) is 2.45. The van der Waals surface area contributed by atoms with Crippen LogP contribution in [0.5, 0.6) is 17.2 Å². The van der Waals surface area contributed by atoms with Gasteiger partial charge in [0.25, 0.3) is 11.8 Å². The zero-order chi connectivity index (χ0) is 22.2. The number of benzene rings is 3. The van der Waals surface area contributed by atoms with Gasteiger partial charge >= 0.3 is 0 Å². The largest absolute Gasteiger partial charge is 0.493 e. The van der Waals surface area contributed by atoms with Crippen LogP contribution in [0.15, 0.2) is 66.7 Å². The maximum Gasteiger partial charge on any atom is 0.255 e. The first-order valence-electron chi connectivity index (χ1n) is 9.59. The lowest BCUT2D eigenvalue weighted by Gasteiger charge is -2.14. The predicted molar refractivity (Wildman–Crippen MR) is 118 cm³/mol. The van der Waals surface area contributed by atoms with E-state index < -0.39 is 0 Å². The summed E-state index contributed by atoms with van der Waals surface area (Å²) < 4.78 is 16.0. The normalized spacial score (nSPS) is 10.2. The highest BCUT2D eigenvalue weighted by atomic mass is 16.5. The molecule has 0 fully saturated rings. The van der Waals surface area contributed by atoms with E-state index in [1.807, 2.05) is 6.07 Å². The van der Waals surface area contributed by atoms with Crippen LogP contribution in [0, 0.1) is 0 Å². The van der Waals surface area contributed by atoms with Crippen LogP contribution in [-0.2, 0) is 6.54 Å². The van der Waals surface area contributed by atoms with Gasteiger partial charge in [-0.25, -0.2) is 0 Å². The van der Waals surface area contributed by atoms with Crippen molar-refractivity contribution in [2.24, 2.45) is 0 Å². The SMILES string of the molecule is COc1cc(CNC(=O)c2ccc(NC(=O)c3ccccc3)cc2)cc(OC)c1OC. The number of ether oxygens (including phenoxy) is 3. The third kappa shape index (κ3) is 5.33. The van der Waals surface area contributed by atoms with E-state index in [1.54, 1.807) is 60.7 Å². The van der Waals surface area contributed by atoms with Crippen molar-refractivity contribution >= 4 is 17.5 Å². The highest BCUT2D eigenvalue weighted by molar-refractivity contribution is 6.04. The Hall–Kier alpha value is -4.00. The lowest BCUT2D eigenvalue weighted by Crippen LogP contribution is -2.23. The first kappa shape index (κ1) is 21.7. The monoisotopic (exact) mass is 420 g/mol. The number of hydrogen-bond donors (Lipinski definition) is 2. The second-order valence-electron chi connectivity index (χ2n) is 6.61. The van der Waals surface area contributed by atoms with E-state index in [1.165, 1.54) is 21.3 Å². The summed E-state index contributed by atoms with van der Waals surface area (Å²) in [6.45, 7) is 0.280. The molecule has 0 aromatic heterocycles. The first-order valence-corrected chi connectivity index (χ1v) is 9.59. The third-order valence-electron chi connectivity index (χ3n) is 4.62. The smallest absolute Gasteiger partial charge is 0.255 e. The van der Waals surface area contributed by atoms with Crippen LogP contribution in [0.1, 0.15) is 26.3 Å². The van der Waals surface area contributed by atoms with Gasteiger partial charge in [-0.3, -0.25) is 9.59 Å². The standard InChI is InChI=1S/C24H24N2O5/c1-29-20-13-16(14-21(30-2)22(20)31-3)15-25-23(27)18-9-11-19(12-10-18)26-24(28)17-7-5-4-6-8-17/h4-14H,15H2,1-3H3,(H,25,27)(H,26,28). The van der Waals surface area contributed by atoms with Crippen LogP contribution in [0.3, 0.4) is 0 Å². The maximum atomic E-state index is 12.5. The molecular weight excluding hydrogens is 396 g/mol. The molecule has 7 nitrogen and oxygen atoms in total. The summed E-state index contributed by atoms with van der Waals surface area (Å²) in [5.74, 6) is 1.08. The molecule has 0 heterocycles. The van der Waals surface area contributed by atoms with Gasteiger partial charge in [0.1, 0.15) is 0 Å². The van der Waals surface area contributed by atoms with E-state index in [9.17, 15) is 9.59 Å². The molecule has 0 aliphatic carbocycles. The molecule has 2 amide bonds. The van der Waals surface area contributed by atoms with Crippen LogP contribution in [-0.4, -0.2) is 33.1 Å². The highest BCUT2D eigenvalue weighted by Gasteiger charge is 2.14. The van der Waals surface area contributed by atoms with Crippen molar-refractivity contribution in [3.63, 3.8) is 0 Å². The highest BCUT2D eigenvalue weighted by Crippen LogP contribution is 2.38. The Morgan fingerprint density at radius 2 is 1.32 bits per heavy atom. The molecule has 0 saturated carbocycles. The van der Waals surface area contributed by atoms with E-state index in [4.69, 9.17) is 14.2 Å². The molecule has 3 aromatic rings. The van der Waals surface area contributed by atoms with Gasteiger partial charge in [-0.15, -0.1) is 0 Å². The quantitative estimate of drug-likeness (QED) is 0.577. The molecule has 2 N–H and O–H groups in total. The zero-order valence-electron chi connectivity index (χ0n) is 17.6. The van der Waals surface area contributed by atoms with Crippen molar-refractivity contribution < 1.29 is 23.8 Å². The lowest BCUT2D eigenvalue weighted by molar-refractivity contribution is 0.0950. The molecule has 0 bridgehead atoms. The molecule has 0 saturated heterocycles. The molecular formula is C24H24N2O5. The van der Waals surface area contributed by atoms with Gasteiger partial charge in [0.2, 0.25) is 5.75 Å². The molecule has 0 atom stereocenters. The Morgan fingerprint density at radius 1 is 0.742 bits per heavy atom. The van der Waals surface area contributed by atoms with Crippen molar-refractivity contribution in [3.05, 3.63) is 83.4 Å². The Bertz CT molecular complexity index is 1020. The fourth-order valence-corrected chi connectivity index (χ4v) is 3.02. The summed E-state index contributed by atoms with van der Waals surface area (Å²) in [6.07, 6.45) is 0. The summed E-state index contributed by atoms with van der Waals surface area (Å²) in [5, 5.41) is 5.67. The number of methoxy groups -OCH3 is 3. The molecule has 7 heteroatoms. The number of amides is 2. The zero-order valence-corrected chi connectivity index (χ0v) is 17.6. The van der Waals surface area contributed by atoms with Gasteiger partial charge in [-0.2, -0.15) is 0 Å². The van der Waals surface area contributed by atoms with Crippen molar-refractivity contribution in [1.82, 2.24) is 5.32 Å². The number of carbonyl (C=O) groups excluding carboxylic acids is 2. The van der Waals surface area contributed by atoms with Gasteiger partial charge in [-0.05, 0) is 54.1 Å². The van der Waals surface area contributed by atoms with Crippen LogP contribution in [0.4, 0.5) is 5.69 Å². The van der Waals surface area contributed by atoms with Gasteiger partial charge in [0.05, 0.1) is 21.3 Å². The first-order chi connectivity index (χ1) is 15.0. The third-order valence-corrected chi connectivity index (χ3v) is 4.62. The van der Waals surface area contributed by atoms with Gasteiger partial charge in [0, 0.05) is 23.4 Å². The molecule has 3 aromatic carbocycles. The minimum atomic E-state index is -0.241. The molecule has 3 rings (SSSR count). The molecule has 0 unspecified atom stereocenters. The van der Waals surface area contributed by atoms with E-state index in [-0.39, 0.29) is 18.4 Å². The van der Waals surface area contributed by atoms with Gasteiger partial charge in [0.15, 0.2) is 11.5 Å².